The second-order valence-electron chi connectivity index (χ2n) is 1.33. The minimum Gasteiger partial charge on any atom is -0.366 e. The van der Waals surface area contributed by atoms with Gasteiger partial charge < -0.3 is 5.73 Å². The third-order valence-electron chi connectivity index (χ3n) is 0.462. The lowest BCUT2D eigenvalue weighted by Gasteiger charge is -1.74. The van der Waals surface area contributed by atoms with Crippen LogP contribution in [0, 0.1) is 5.53 Å². The first-order chi connectivity index (χ1) is 3.63. The van der Waals surface area contributed by atoms with Gasteiger partial charge in [0, 0.05) is 0 Å². The van der Waals surface area contributed by atoms with Gasteiger partial charge in [-0.3, -0.25) is 4.79 Å². The van der Waals surface area contributed by atoms with Crippen LogP contribution in [0.25, 0.3) is 0 Å². The van der Waals surface area contributed by atoms with Gasteiger partial charge in [-0.2, -0.15) is 0 Å². The van der Waals surface area contributed by atoms with Crippen molar-refractivity contribution >= 4 is 5.91 Å². The number of rotatable bonds is 2. The van der Waals surface area contributed by atoms with Crippen LogP contribution in [0.15, 0.2) is 12.3 Å². The zero-order valence-corrected chi connectivity index (χ0v) is 4.59. The van der Waals surface area contributed by atoms with Crippen LogP contribution in [-0.4, -0.2) is 17.7 Å². The maximum Gasteiger partial charge on any atom is 0.247 e. The Morgan fingerprint density at radius 1 is 1.88 bits per heavy atom. The predicted molar refractivity (Wildman–Crippen MR) is 27.2 cm³/mol. The summed E-state index contributed by atoms with van der Waals surface area (Å²) < 4.78 is 0.991. The minimum absolute atomic E-state index is 0.538. The van der Waals surface area contributed by atoms with Crippen molar-refractivity contribution in [2.45, 2.75) is 0 Å². The molecule has 0 spiro atoms. The zero-order valence-electron chi connectivity index (χ0n) is 4.59. The summed E-state index contributed by atoms with van der Waals surface area (Å²) in [5.41, 5.74) is 11.4. The Kier molecular flexibility index (Phi) is 2.47. The number of hydrogen-bond donors (Lipinski definition) is 2. The van der Waals surface area contributed by atoms with Crippen LogP contribution >= 0.6 is 0 Å². The van der Waals surface area contributed by atoms with Crippen LogP contribution in [0.1, 0.15) is 0 Å². The smallest absolute Gasteiger partial charge is 0.247 e. The number of nitrogens with two attached hydrogens (primary N) is 1. The molecular formula is C4H8N3O+. The molecule has 3 N–H and O–H groups in total. The molecule has 0 bridgehead atoms. The first-order valence-electron chi connectivity index (χ1n) is 2.04. The van der Waals surface area contributed by atoms with Crippen LogP contribution in [-0.2, 0) is 4.79 Å². The van der Waals surface area contributed by atoms with E-state index in [4.69, 9.17) is 11.3 Å². The highest BCUT2D eigenvalue weighted by Crippen LogP contribution is 1.68. The van der Waals surface area contributed by atoms with Gasteiger partial charge in [0.1, 0.15) is 0 Å². The Hall–Kier alpha value is -1.19. The normalized spacial score (nSPS) is 9.62. The van der Waals surface area contributed by atoms with Gasteiger partial charge in [0.25, 0.3) is 0 Å². The van der Waals surface area contributed by atoms with Gasteiger partial charge >= 0.3 is 0 Å². The molecule has 0 heterocycles. The maximum atomic E-state index is 9.93. The van der Waals surface area contributed by atoms with Crippen molar-refractivity contribution in [3.05, 3.63) is 12.3 Å². The second-order valence-corrected chi connectivity index (χ2v) is 1.33. The second kappa shape index (κ2) is 2.90. The van der Waals surface area contributed by atoms with Crippen molar-refractivity contribution in [3.63, 3.8) is 0 Å². The molecule has 0 rings (SSSR count). The third-order valence-corrected chi connectivity index (χ3v) is 0.462. The lowest BCUT2D eigenvalue weighted by molar-refractivity contribution is -0.520. The Labute approximate surface area is 47.1 Å². The van der Waals surface area contributed by atoms with Crippen molar-refractivity contribution < 1.29 is 9.49 Å². The molecule has 4 nitrogen and oxygen atoms in total. The van der Waals surface area contributed by atoms with E-state index in [1.54, 1.807) is 0 Å². The van der Waals surface area contributed by atoms with Crippen molar-refractivity contribution in [1.82, 2.24) is 0 Å². The molecule has 0 aromatic rings. The van der Waals surface area contributed by atoms with Crippen molar-refractivity contribution in [1.29, 1.82) is 5.53 Å². The monoisotopic (exact) mass is 114 g/mol. The minimum atomic E-state index is -0.538. The van der Waals surface area contributed by atoms with Crippen molar-refractivity contribution in [2.24, 2.45) is 5.73 Å². The van der Waals surface area contributed by atoms with Crippen LogP contribution in [0.2, 0.25) is 0 Å². The van der Waals surface area contributed by atoms with Crippen molar-refractivity contribution in [3.8, 4) is 0 Å². The van der Waals surface area contributed by atoms with Gasteiger partial charge in [-0.25, -0.2) is 0 Å². The van der Waals surface area contributed by atoms with Gasteiger partial charge in [0.2, 0.25) is 12.1 Å². The summed E-state index contributed by atoms with van der Waals surface area (Å²) >= 11 is 0. The van der Waals surface area contributed by atoms with Crippen LogP contribution in [0.4, 0.5) is 0 Å². The zero-order chi connectivity index (χ0) is 6.57. The highest BCUT2D eigenvalue weighted by atomic mass is 16.1. The highest BCUT2D eigenvalue weighted by molar-refractivity contribution is 5.85. The summed E-state index contributed by atoms with van der Waals surface area (Å²) in [5.74, 6) is -0.538. The molecule has 0 aromatic heterocycles. The number of hydrogen-bond acceptors (Lipinski definition) is 2. The van der Waals surface area contributed by atoms with Gasteiger partial charge in [-0.1, -0.05) is 5.53 Å². The number of carbonyl (C=O) groups excluding carboxylic acids is 1. The van der Waals surface area contributed by atoms with E-state index in [1.807, 2.05) is 0 Å². The highest BCUT2D eigenvalue weighted by Gasteiger charge is 1.85. The summed E-state index contributed by atoms with van der Waals surface area (Å²) in [6.07, 6.45) is 2.38. The Balaban J connectivity index is 3.67. The molecule has 0 aliphatic rings. The van der Waals surface area contributed by atoms with E-state index in [0.29, 0.717) is 0 Å². The first-order valence-corrected chi connectivity index (χ1v) is 2.04. The Morgan fingerprint density at radius 3 is 2.50 bits per heavy atom. The maximum absolute atomic E-state index is 9.93. The molecule has 44 valence electrons. The molecule has 0 atom stereocenters. The molecule has 0 aliphatic carbocycles. The molecule has 0 aliphatic heterocycles. The molecule has 0 saturated carbocycles. The average Bonchev–Trinajstić information content (AvgIpc) is 1.61. The van der Waals surface area contributed by atoms with Crippen molar-refractivity contribution in [2.75, 3.05) is 7.05 Å². The van der Waals surface area contributed by atoms with E-state index < -0.39 is 5.91 Å². The molecule has 0 radical (unpaired) electrons. The van der Waals surface area contributed by atoms with E-state index in [0.717, 1.165) is 10.8 Å². The average molecular weight is 114 g/mol. The molecule has 4 heteroatoms. The standard InChI is InChI=1S/C4H7N3O/c1-7(6)3-2-4(5)8/h2-3,6H,1H3,(H-,5,8)/p+1. The lowest BCUT2D eigenvalue weighted by Crippen LogP contribution is -2.06. The SMILES string of the molecule is C[N+](=N)C=CC(N)=O. The topological polar surface area (TPSA) is 69.9 Å². The van der Waals surface area contributed by atoms with E-state index >= 15 is 0 Å². The van der Waals surface area contributed by atoms with E-state index in [9.17, 15) is 4.79 Å². The van der Waals surface area contributed by atoms with Crippen LogP contribution < -0.4 is 5.73 Å². The fraction of sp³-hybridized carbons (Fsp3) is 0.250. The number of primary amides is 1. The molecule has 8 heavy (non-hydrogen) atoms. The van der Waals surface area contributed by atoms with Crippen LogP contribution in [0.5, 0.6) is 0 Å². The van der Waals surface area contributed by atoms with E-state index in [1.165, 1.54) is 13.2 Å². The Morgan fingerprint density at radius 2 is 2.38 bits per heavy atom. The fourth-order valence-corrected chi connectivity index (χ4v) is 0.185. The summed E-state index contributed by atoms with van der Waals surface area (Å²) in [6, 6.07) is 0. The fourth-order valence-electron chi connectivity index (χ4n) is 0.185. The molecule has 0 aromatic carbocycles. The van der Waals surface area contributed by atoms with Gasteiger partial charge in [0.05, 0.1) is 6.08 Å². The van der Waals surface area contributed by atoms with Gasteiger partial charge in [-0.05, 0) is 0 Å². The summed E-state index contributed by atoms with van der Waals surface area (Å²) in [5, 5.41) is 0. The molecule has 1 amide bonds. The largest absolute Gasteiger partial charge is 0.366 e. The molecule has 0 saturated heterocycles. The lowest BCUT2D eigenvalue weighted by atomic mass is 10.6. The van der Waals surface area contributed by atoms with Gasteiger partial charge in [-0.15, -0.1) is 4.70 Å². The number of amides is 1. The number of carbonyl (C=O) groups is 1. The molecular weight excluding hydrogens is 106 g/mol. The summed E-state index contributed by atoms with van der Waals surface area (Å²) in [4.78, 5) is 9.93. The van der Waals surface area contributed by atoms with E-state index in [2.05, 4.69) is 0 Å². The summed E-state index contributed by atoms with van der Waals surface area (Å²) in [7, 11) is 1.49. The quantitative estimate of drug-likeness (QED) is 0.288. The summed E-state index contributed by atoms with van der Waals surface area (Å²) in [6.45, 7) is 0. The number of nitrogens with one attached hydrogen (secondary N) is 1. The van der Waals surface area contributed by atoms with E-state index in [-0.39, 0.29) is 0 Å². The van der Waals surface area contributed by atoms with Crippen LogP contribution in [0.3, 0.4) is 0 Å². The molecule has 0 fully saturated rings. The Bertz CT molecular complexity index is 122. The number of nitrogens with zero attached hydrogens (tertiary/aromatic N) is 1. The predicted octanol–water partition coefficient (Wildman–Crippen LogP) is -0.341. The first kappa shape index (κ1) is 6.81. The van der Waals surface area contributed by atoms with Gasteiger partial charge in [0.15, 0.2) is 7.05 Å². The molecule has 0 unspecified atom stereocenters. The third kappa shape index (κ3) is 4.81.